The van der Waals surface area contributed by atoms with E-state index in [9.17, 15) is 17.6 Å². The van der Waals surface area contributed by atoms with E-state index in [-0.39, 0.29) is 5.56 Å². The van der Waals surface area contributed by atoms with Gasteiger partial charge in [0.15, 0.2) is 5.13 Å². The number of hydrogen-bond acceptors (Lipinski definition) is 5. The van der Waals surface area contributed by atoms with Crippen molar-refractivity contribution in [3.8, 4) is 11.3 Å². The highest BCUT2D eigenvalue weighted by molar-refractivity contribution is 7.89. The van der Waals surface area contributed by atoms with Gasteiger partial charge in [0.25, 0.3) is 5.91 Å². The summed E-state index contributed by atoms with van der Waals surface area (Å²) in [4.78, 5) is 16.3. The van der Waals surface area contributed by atoms with E-state index in [0.29, 0.717) is 5.13 Å². The summed E-state index contributed by atoms with van der Waals surface area (Å²) in [5, 5.41) is 4.80. The highest BCUT2D eigenvalue weighted by Gasteiger charge is 2.23. The Balaban J connectivity index is 1.83. The monoisotopic (exact) mass is 419 g/mol. The van der Waals surface area contributed by atoms with Crippen molar-refractivity contribution in [3.63, 3.8) is 0 Å². The van der Waals surface area contributed by atoms with Crippen LogP contribution in [0.15, 0.2) is 52.7 Å². The van der Waals surface area contributed by atoms with Gasteiger partial charge in [-0.2, -0.15) is 0 Å². The molecule has 0 unspecified atom stereocenters. The van der Waals surface area contributed by atoms with Crippen LogP contribution < -0.4 is 5.32 Å². The summed E-state index contributed by atoms with van der Waals surface area (Å²) in [5.74, 6) is -1.49. The minimum atomic E-state index is -4.01. The van der Waals surface area contributed by atoms with E-state index in [4.69, 9.17) is 0 Å². The number of hydrogen-bond donors (Lipinski definition) is 1. The highest BCUT2D eigenvalue weighted by Crippen LogP contribution is 2.26. The predicted octanol–water partition coefficient (Wildman–Crippen LogP) is 3.76. The van der Waals surface area contributed by atoms with Gasteiger partial charge in [-0.15, -0.1) is 11.3 Å². The van der Waals surface area contributed by atoms with Crippen LogP contribution >= 0.6 is 11.3 Å². The SMILES string of the molecule is Cc1ccc(-c2csc(NC(=O)c3ccc(F)c(S(=O)(=O)N(C)C)c3)n2)cc1. The van der Waals surface area contributed by atoms with Gasteiger partial charge in [0.1, 0.15) is 10.7 Å². The number of halogens is 1. The molecule has 28 heavy (non-hydrogen) atoms. The molecule has 0 aliphatic carbocycles. The number of benzene rings is 2. The Labute approximate surface area is 166 Å². The summed E-state index contributed by atoms with van der Waals surface area (Å²) in [6.07, 6.45) is 0. The maximum absolute atomic E-state index is 14.0. The molecule has 6 nitrogen and oxygen atoms in total. The van der Waals surface area contributed by atoms with Crippen molar-refractivity contribution in [1.29, 1.82) is 0 Å². The summed E-state index contributed by atoms with van der Waals surface area (Å²) in [6, 6.07) is 11.0. The number of aromatic nitrogens is 1. The van der Waals surface area contributed by atoms with Gasteiger partial charge in [0.2, 0.25) is 10.0 Å². The molecule has 0 bridgehead atoms. The predicted molar refractivity (Wildman–Crippen MR) is 108 cm³/mol. The Bertz CT molecular complexity index is 1120. The van der Waals surface area contributed by atoms with E-state index in [1.54, 1.807) is 0 Å². The Morgan fingerprint density at radius 1 is 1.14 bits per heavy atom. The molecule has 0 radical (unpaired) electrons. The molecule has 1 aromatic heterocycles. The van der Waals surface area contributed by atoms with Crippen LogP contribution in [-0.4, -0.2) is 37.7 Å². The Morgan fingerprint density at radius 2 is 1.82 bits per heavy atom. The average Bonchev–Trinajstić information content (AvgIpc) is 3.10. The normalized spacial score (nSPS) is 11.6. The van der Waals surface area contributed by atoms with Crippen LogP contribution in [0.4, 0.5) is 9.52 Å². The van der Waals surface area contributed by atoms with Gasteiger partial charge >= 0.3 is 0 Å². The third-order valence-corrected chi connectivity index (χ3v) is 6.61. The summed E-state index contributed by atoms with van der Waals surface area (Å²) in [6.45, 7) is 1.99. The lowest BCUT2D eigenvalue weighted by Gasteiger charge is -2.13. The second-order valence-electron chi connectivity index (χ2n) is 6.29. The zero-order valence-corrected chi connectivity index (χ0v) is 17.1. The van der Waals surface area contributed by atoms with Crippen LogP contribution in [-0.2, 0) is 10.0 Å². The molecule has 0 saturated heterocycles. The number of nitrogens with one attached hydrogen (secondary N) is 1. The lowest BCUT2D eigenvalue weighted by Crippen LogP contribution is -2.24. The number of aryl methyl sites for hydroxylation is 1. The van der Waals surface area contributed by atoms with Gasteiger partial charge in [0.05, 0.1) is 5.69 Å². The smallest absolute Gasteiger partial charge is 0.257 e. The van der Waals surface area contributed by atoms with Crippen molar-refractivity contribution in [3.05, 3.63) is 64.8 Å². The maximum Gasteiger partial charge on any atom is 0.257 e. The molecule has 0 aliphatic heterocycles. The van der Waals surface area contributed by atoms with E-state index in [1.165, 1.54) is 31.5 Å². The Kier molecular flexibility index (Phi) is 5.59. The van der Waals surface area contributed by atoms with E-state index in [2.05, 4.69) is 10.3 Å². The molecule has 0 aliphatic rings. The number of thiazole rings is 1. The number of sulfonamides is 1. The molecule has 0 atom stereocenters. The lowest BCUT2D eigenvalue weighted by atomic mass is 10.1. The summed E-state index contributed by atoms with van der Waals surface area (Å²) < 4.78 is 39.3. The quantitative estimate of drug-likeness (QED) is 0.683. The molecule has 1 N–H and O–H groups in total. The number of nitrogens with zero attached hydrogens (tertiary/aromatic N) is 2. The van der Waals surface area contributed by atoms with E-state index in [1.807, 2.05) is 36.6 Å². The zero-order valence-electron chi connectivity index (χ0n) is 15.4. The van der Waals surface area contributed by atoms with Crippen LogP contribution in [0.1, 0.15) is 15.9 Å². The van der Waals surface area contributed by atoms with Gasteiger partial charge in [0, 0.05) is 30.6 Å². The third kappa shape index (κ3) is 4.11. The molecule has 3 rings (SSSR count). The molecule has 1 amide bonds. The number of rotatable bonds is 5. The fourth-order valence-corrected chi connectivity index (χ4v) is 4.09. The van der Waals surface area contributed by atoms with Gasteiger partial charge in [-0.1, -0.05) is 29.8 Å². The van der Waals surface area contributed by atoms with Crippen molar-refractivity contribution >= 4 is 32.4 Å². The fourth-order valence-electron chi connectivity index (χ4n) is 2.40. The maximum atomic E-state index is 14.0. The van der Waals surface area contributed by atoms with Gasteiger partial charge < -0.3 is 0 Å². The third-order valence-electron chi connectivity index (χ3n) is 4.02. The molecule has 0 spiro atoms. The minimum absolute atomic E-state index is 0.0221. The average molecular weight is 420 g/mol. The molecule has 146 valence electrons. The Hall–Kier alpha value is -2.62. The van der Waals surface area contributed by atoms with Crippen LogP contribution in [0.25, 0.3) is 11.3 Å². The molecule has 0 fully saturated rings. The van der Waals surface area contributed by atoms with E-state index >= 15 is 0 Å². The molecule has 1 heterocycles. The lowest BCUT2D eigenvalue weighted by molar-refractivity contribution is 0.102. The van der Waals surface area contributed by atoms with Crippen molar-refractivity contribution in [2.45, 2.75) is 11.8 Å². The number of carbonyl (C=O) groups excluding carboxylic acids is 1. The Morgan fingerprint density at radius 3 is 2.46 bits per heavy atom. The summed E-state index contributed by atoms with van der Waals surface area (Å²) in [7, 11) is -1.42. The first-order chi connectivity index (χ1) is 13.2. The number of amides is 1. The topological polar surface area (TPSA) is 79.4 Å². The highest BCUT2D eigenvalue weighted by atomic mass is 32.2. The first-order valence-electron chi connectivity index (χ1n) is 8.24. The number of carbonyl (C=O) groups is 1. The van der Waals surface area contributed by atoms with Crippen LogP contribution in [0.2, 0.25) is 0 Å². The molecule has 0 saturated carbocycles. The fraction of sp³-hybridized carbons (Fsp3) is 0.158. The second-order valence-corrected chi connectivity index (χ2v) is 9.27. The second kappa shape index (κ2) is 7.78. The largest absolute Gasteiger partial charge is 0.298 e. The minimum Gasteiger partial charge on any atom is -0.298 e. The van der Waals surface area contributed by atoms with Gasteiger partial charge in [-0.25, -0.2) is 22.1 Å². The zero-order chi connectivity index (χ0) is 20.5. The molecule has 3 aromatic rings. The molecular formula is C19H18FN3O3S2. The molecular weight excluding hydrogens is 401 g/mol. The summed E-state index contributed by atoms with van der Waals surface area (Å²) in [5.41, 5.74) is 2.79. The van der Waals surface area contributed by atoms with Crippen molar-refractivity contribution in [2.75, 3.05) is 19.4 Å². The van der Waals surface area contributed by atoms with Crippen molar-refractivity contribution in [2.24, 2.45) is 0 Å². The number of anilines is 1. The molecule has 9 heteroatoms. The molecule has 2 aromatic carbocycles. The van der Waals surface area contributed by atoms with Crippen LogP contribution in [0.3, 0.4) is 0 Å². The van der Waals surface area contributed by atoms with Gasteiger partial charge in [-0.3, -0.25) is 10.1 Å². The van der Waals surface area contributed by atoms with Crippen LogP contribution in [0.5, 0.6) is 0 Å². The van der Waals surface area contributed by atoms with Gasteiger partial charge in [-0.05, 0) is 25.1 Å². The first-order valence-corrected chi connectivity index (χ1v) is 10.6. The summed E-state index contributed by atoms with van der Waals surface area (Å²) >= 11 is 1.25. The standard InChI is InChI=1S/C19H18FN3O3S2/c1-12-4-6-13(7-5-12)16-11-27-19(21-16)22-18(24)14-8-9-15(20)17(10-14)28(25,26)23(2)3/h4-11H,1-3H3,(H,21,22,24). The van der Waals surface area contributed by atoms with Crippen molar-refractivity contribution < 1.29 is 17.6 Å². The van der Waals surface area contributed by atoms with Crippen LogP contribution in [0, 0.1) is 12.7 Å². The van der Waals surface area contributed by atoms with Crippen molar-refractivity contribution in [1.82, 2.24) is 9.29 Å². The van der Waals surface area contributed by atoms with E-state index in [0.717, 1.165) is 33.3 Å². The first kappa shape index (κ1) is 20.1. The van der Waals surface area contributed by atoms with E-state index < -0.39 is 26.6 Å².